The van der Waals surface area contributed by atoms with Gasteiger partial charge in [-0.05, 0) is 13.3 Å². The van der Waals surface area contributed by atoms with E-state index in [1.165, 1.54) is 0 Å². The van der Waals surface area contributed by atoms with Crippen LogP contribution in [0.15, 0.2) is 18.6 Å². The minimum Gasteiger partial charge on any atom is -0.369 e. The summed E-state index contributed by atoms with van der Waals surface area (Å²) in [5, 5.41) is 6.66. The summed E-state index contributed by atoms with van der Waals surface area (Å²) >= 11 is 0. The smallest absolute Gasteiger partial charge is 0.180 e. The Morgan fingerprint density at radius 1 is 1.45 bits per heavy atom. The molecule has 2 rings (SSSR count). The Labute approximate surface area is 121 Å². The van der Waals surface area contributed by atoms with E-state index >= 15 is 0 Å². The predicted molar refractivity (Wildman–Crippen MR) is 83.8 cm³/mol. The fourth-order valence-corrected chi connectivity index (χ4v) is 2.33. The van der Waals surface area contributed by atoms with Crippen molar-refractivity contribution in [3.63, 3.8) is 0 Å². The summed E-state index contributed by atoms with van der Waals surface area (Å²) in [5.74, 6) is 1.56. The summed E-state index contributed by atoms with van der Waals surface area (Å²) in [4.78, 5) is 8.83. The minimum atomic E-state index is -0.789. The number of rotatable bonds is 7. The van der Waals surface area contributed by atoms with Crippen molar-refractivity contribution in [3.05, 3.63) is 18.6 Å². The van der Waals surface area contributed by atoms with Gasteiger partial charge in [-0.15, -0.1) is 0 Å². The third kappa shape index (κ3) is 3.47. The van der Waals surface area contributed by atoms with Gasteiger partial charge in [0.1, 0.15) is 5.82 Å². The lowest BCUT2D eigenvalue weighted by Gasteiger charge is -2.12. The van der Waals surface area contributed by atoms with Crippen LogP contribution in [0.2, 0.25) is 0 Å². The van der Waals surface area contributed by atoms with Crippen LogP contribution in [-0.4, -0.2) is 43.2 Å². The quantitative estimate of drug-likeness (QED) is 0.814. The maximum Gasteiger partial charge on any atom is 0.180 e. The molecule has 110 valence electrons. The highest BCUT2D eigenvalue weighted by Crippen LogP contribution is 2.16. The number of anilines is 2. The monoisotopic (exact) mass is 295 g/mol. The van der Waals surface area contributed by atoms with Crippen LogP contribution in [-0.2, 0) is 10.8 Å². The maximum atomic E-state index is 11.3. The molecule has 0 saturated carbocycles. The van der Waals surface area contributed by atoms with E-state index in [0.29, 0.717) is 0 Å². The van der Waals surface area contributed by atoms with Gasteiger partial charge in [-0.3, -0.25) is 4.21 Å². The number of fused-ring (bicyclic) bond motifs is 1. The van der Waals surface area contributed by atoms with Gasteiger partial charge in [-0.25, -0.2) is 9.97 Å². The largest absolute Gasteiger partial charge is 0.369 e. The highest BCUT2D eigenvalue weighted by Gasteiger charge is 2.09. The number of nitrogens with zero attached hydrogens (tertiary/aromatic N) is 3. The topological polar surface area (TPSA) is 71.3 Å². The Hall–Kier alpha value is -1.63. The Kier molecular flexibility index (Phi) is 4.94. The molecule has 2 aromatic heterocycles. The van der Waals surface area contributed by atoms with Crippen LogP contribution in [0.3, 0.4) is 0 Å². The molecule has 6 nitrogen and oxygen atoms in total. The molecule has 0 radical (unpaired) electrons. The number of hydrogen-bond donors (Lipinski definition) is 2. The SMILES string of the molecule is CCNc1cn2ccnc2c(NCCC(C)S(C)=O)n1. The normalized spacial score (nSPS) is 14.2. The zero-order valence-electron chi connectivity index (χ0n) is 12.1. The van der Waals surface area contributed by atoms with Crippen LogP contribution >= 0.6 is 0 Å². The summed E-state index contributed by atoms with van der Waals surface area (Å²) in [7, 11) is -0.789. The van der Waals surface area contributed by atoms with E-state index < -0.39 is 10.8 Å². The Morgan fingerprint density at radius 3 is 2.95 bits per heavy atom. The lowest BCUT2D eigenvalue weighted by Crippen LogP contribution is -2.16. The fourth-order valence-electron chi connectivity index (χ4n) is 1.88. The minimum absolute atomic E-state index is 0.176. The highest BCUT2D eigenvalue weighted by molar-refractivity contribution is 7.84. The van der Waals surface area contributed by atoms with Crippen LogP contribution in [0.1, 0.15) is 20.3 Å². The lowest BCUT2D eigenvalue weighted by atomic mass is 10.3. The Bertz CT molecular complexity index is 597. The molecule has 0 bridgehead atoms. The summed E-state index contributed by atoms with van der Waals surface area (Å²) in [6.07, 6.45) is 8.14. The van der Waals surface area contributed by atoms with Gasteiger partial charge < -0.3 is 15.0 Å². The van der Waals surface area contributed by atoms with E-state index in [-0.39, 0.29) is 5.25 Å². The van der Waals surface area contributed by atoms with Crippen molar-refractivity contribution >= 4 is 28.1 Å². The van der Waals surface area contributed by atoms with Gasteiger partial charge in [0.25, 0.3) is 0 Å². The number of nitrogens with one attached hydrogen (secondary N) is 2. The van der Waals surface area contributed by atoms with Crippen LogP contribution < -0.4 is 10.6 Å². The molecule has 20 heavy (non-hydrogen) atoms. The summed E-state index contributed by atoms with van der Waals surface area (Å²) in [6, 6.07) is 0. The molecule has 2 atom stereocenters. The van der Waals surface area contributed by atoms with Gasteiger partial charge >= 0.3 is 0 Å². The molecule has 0 spiro atoms. The van der Waals surface area contributed by atoms with Crippen LogP contribution in [0, 0.1) is 0 Å². The summed E-state index contributed by atoms with van der Waals surface area (Å²) in [5.41, 5.74) is 0.803. The number of aromatic nitrogens is 3. The van der Waals surface area contributed by atoms with Crippen LogP contribution in [0.25, 0.3) is 5.65 Å². The average Bonchev–Trinajstić information content (AvgIpc) is 2.87. The summed E-state index contributed by atoms with van der Waals surface area (Å²) < 4.78 is 13.3. The van der Waals surface area contributed by atoms with E-state index in [1.54, 1.807) is 12.5 Å². The van der Waals surface area contributed by atoms with E-state index in [1.807, 2.05) is 30.6 Å². The molecule has 2 heterocycles. The molecule has 2 N–H and O–H groups in total. The van der Waals surface area contributed by atoms with E-state index in [4.69, 9.17) is 0 Å². The first kappa shape index (κ1) is 14.8. The first-order valence-electron chi connectivity index (χ1n) is 6.75. The summed E-state index contributed by atoms with van der Waals surface area (Å²) in [6.45, 7) is 5.57. The molecule has 0 aliphatic heterocycles. The van der Waals surface area contributed by atoms with Gasteiger partial charge in [0.05, 0.1) is 6.20 Å². The molecule has 7 heteroatoms. The Balaban J connectivity index is 2.11. The van der Waals surface area contributed by atoms with Crippen molar-refractivity contribution < 1.29 is 4.21 Å². The molecule has 0 aliphatic carbocycles. The van der Waals surface area contributed by atoms with Gasteiger partial charge in [0, 0.05) is 47.8 Å². The van der Waals surface area contributed by atoms with Gasteiger partial charge in [-0.2, -0.15) is 0 Å². The molecular weight excluding hydrogens is 274 g/mol. The van der Waals surface area contributed by atoms with Crippen LogP contribution in [0.5, 0.6) is 0 Å². The van der Waals surface area contributed by atoms with E-state index in [2.05, 4.69) is 20.6 Å². The predicted octanol–water partition coefficient (Wildman–Crippen LogP) is 1.73. The first-order chi connectivity index (χ1) is 9.61. The van der Waals surface area contributed by atoms with Crippen molar-refractivity contribution in [2.45, 2.75) is 25.5 Å². The first-order valence-corrected chi connectivity index (χ1v) is 8.37. The standard InChI is InChI=1S/C13H21N5OS/c1-4-14-11-9-18-8-7-16-13(18)12(17-11)15-6-5-10(2)20(3)19/h7-10,14H,4-6H2,1-3H3,(H,15,17). The second-order valence-electron chi connectivity index (χ2n) is 4.69. The van der Waals surface area contributed by atoms with Crippen molar-refractivity contribution in [1.29, 1.82) is 0 Å². The molecule has 0 amide bonds. The fraction of sp³-hybridized carbons (Fsp3) is 0.538. The zero-order valence-corrected chi connectivity index (χ0v) is 12.9. The van der Waals surface area contributed by atoms with E-state index in [0.717, 1.165) is 36.8 Å². The average molecular weight is 295 g/mol. The van der Waals surface area contributed by atoms with Crippen molar-refractivity contribution in [2.24, 2.45) is 0 Å². The molecule has 0 fully saturated rings. The molecule has 2 unspecified atom stereocenters. The highest BCUT2D eigenvalue weighted by atomic mass is 32.2. The van der Waals surface area contributed by atoms with Crippen molar-refractivity contribution in [2.75, 3.05) is 30.0 Å². The Morgan fingerprint density at radius 2 is 2.25 bits per heavy atom. The number of imidazole rings is 1. The lowest BCUT2D eigenvalue weighted by molar-refractivity contribution is 0.672. The zero-order chi connectivity index (χ0) is 14.5. The molecular formula is C13H21N5OS. The second-order valence-corrected chi connectivity index (χ2v) is 6.49. The molecule has 0 saturated heterocycles. The van der Waals surface area contributed by atoms with Gasteiger partial charge in [0.2, 0.25) is 0 Å². The van der Waals surface area contributed by atoms with Crippen molar-refractivity contribution in [1.82, 2.24) is 14.4 Å². The molecule has 0 aromatic carbocycles. The van der Waals surface area contributed by atoms with Gasteiger partial charge in [-0.1, -0.05) is 6.92 Å². The third-order valence-corrected chi connectivity index (χ3v) is 4.51. The maximum absolute atomic E-state index is 11.3. The van der Waals surface area contributed by atoms with Crippen molar-refractivity contribution in [3.8, 4) is 0 Å². The second kappa shape index (κ2) is 6.69. The molecule has 2 aromatic rings. The van der Waals surface area contributed by atoms with Crippen LogP contribution in [0.4, 0.5) is 11.6 Å². The molecule has 0 aliphatic rings. The van der Waals surface area contributed by atoms with E-state index in [9.17, 15) is 4.21 Å². The van der Waals surface area contributed by atoms with Gasteiger partial charge in [0.15, 0.2) is 11.5 Å². The third-order valence-electron chi connectivity index (χ3n) is 3.14. The number of hydrogen-bond acceptors (Lipinski definition) is 5.